The van der Waals surface area contributed by atoms with Crippen LogP contribution in [0.15, 0.2) is 83.4 Å². The molecule has 0 fully saturated rings. The fourth-order valence-corrected chi connectivity index (χ4v) is 4.31. The summed E-state index contributed by atoms with van der Waals surface area (Å²) in [5.74, 6) is 2.33. The van der Waals surface area contributed by atoms with E-state index in [1.165, 1.54) is 4.90 Å². The number of carbonyl (C=O) groups is 1. The van der Waals surface area contributed by atoms with Gasteiger partial charge in [-0.05, 0) is 74.4 Å². The van der Waals surface area contributed by atoms with Gasteiger partial charge in [-0.15, -0.1) is 10.2 Å². The average molecular weight is 514 g/mol. The molecule has 0 spiro atoms. The summed E-state index contributed by atoms with van der Waals surface area (Å²) in [4.78, 5) is 18.4. The second-order valence-electron chi connectivity index (χ2n) is 10.2. The Balaban J connectivity index is 1.30. The molecule has 0 saturated carbocycles. The lowest BCUT2D eigenvalue weighted by molar-refractivity contribution is 0.0589. The number of methoxy groups -OCH3 is 1. The van der Waals surface area contributed by atoms with Crippen LogP contribution in [0.25, 0.3) is 16.8 Å². The van der Waals surface area contributed by atoms with Gasteiger partial charge in [0.2, 0.25) is 0 Å². The van der Waals surface area contributed by atoms with Crippen LogP contribution < -0.4 is 4.90 Å². The highest BCUT2D eigenvalue weighted by Gasteiger charge is 2.28. The summed E-state index contributed by atoms with van der Waals surface area (Å²) in [7, 11) is 3.35. The fraction of sp³-hybridized carbons (Fsp3) is 0.310. The molecule has 1 aliphatic heterocycles. The zero-order valence-corrected chi connectivity index (χ0v) is 22.2. The third kappa shape index (κ3) is 5.32. The molecule has 3 aromatic rings. The van der Waals surface area contributed by atoms with Crippen molar-refractivity contribution in [3.05, 3.63) is 84.2 Å². The molecule has 1 amide bonds. The summed E-state index contributed by atoms with van der Waals surface area (Å²) in [5.41, 5.74) is 2.91. The largest absolute Gasteiger partial charge is 0.497 e. The van der Waals surface area contributed by atoms with Crippen molar-refractivity contribution in [1.29, 1.82) is 0 Å². The minimum atomic E-state index is -0.554. The highest BCUT2D eigenvalue weighted by Crippen LogP contribution is 2.30. The maximum Gasteiger partial charge on any atom is 0.414 e. The van der Waals surface area contributed by atoms with Crippen LogP contribution >= 0.6 is 0 Å². The predicted octanol–water partition coefficient (Wildman–Crippen LogP) is 5.34. The number of ether oxygens (including phenoxy) is 3. The number of benzene rings is 1. The highest BCUT2D eigenvalue weighted by atomic mass is 16.6. The number of allylic oxidation sites excluding steroid dienone is 2. The zero-order chi connectivity index (χ0) is 26.9. The SMILES string of the molecule is COC1=CC2N=CC=C(OCc3nnc4ccc(-c5ccc(N(C)C(=O)OC(C)(C)C)cc5)cn34)C2C=C1. The van der Waals surface area contributed by atoms with E-state index < -0.39 is 11.7 Å². The van der Waals surface area contributed by atoms with E-state index in [0.717, 1.165) is 34.0 Å². The Morgan fingerprint density at radius 3 is 2.58 bits per heavy atom. The van der Waals surface area contributed by atoms with Gasteiger partial charge in [0.1, 0.15) is 23.7 Å². The molecule has 1 aromatic carbocycles. The smallest absolute Gasteiger partial charge is 0.414 e. The first-order valence-corrected chi connectivity index (χ1v) is 12.4. The third-order valence-corrected chi connectivity index (χ3v) is 6.33. The molecule has 2 atom stereocenters. The van der Waals surface area contributed by atoms with Crippen LogP contribution in [-0.2, 0) is 20.8 Å². The molecule has 2 aliphatic rings. The van der Waals surface area contributed by atoms with Gasteiger partial charge < -0.3 is 14.2 Å². The van der Waals surface area contributed by atoms with Crippen molar-refractivity contribution in [2.24, 2.45) is 10.9 Å². The standard InChI is InChI=1S/C29H31N5O4/c1-29(2,3)38-28(35)33(4)21-9-6-19(7-10-21)20-8-13-26-31-32-27(34(26)17-20)18-37-25-14-15-30-24-16-22(36-5)11-12-23(24)25/h6-17,23-24H,18H2,1-5H3. The quantitative estimate of drug-likeness (QED) is 0.442. The monoisotopic (exact) mass is 513 g/mol. The molecule has 9 heteroatoms. The van der Waals surface area contributed by atoms with Gasteiger partial charge in [-0.3, -0.25) is 14.3 Å². The number of pyridine rings is 1. The Kier molecular flexibility index (Phi) is 6.75. The molecule has 3 heterocycles. The maximum absolute atomic E-state index is 12.4. The van der Waals surface area contributed by atoms with Crippen molar-refractivity contribution >= 4 is 23.6 Å². The Hall–Kier alpha value is -4.40. The molecule has 9 nitrogen and oxygen atoms in total. The van der Waals surface area contributed by atoms with E-state index in [1.807, 2.05) is 86.0 Å². The van der Waals surface area contributed by atoms with Crippen LogP contribution in [0.3, 0.4) is 0 Å². The van der Waals surface area contributed by atoms with Crippen LogP contribution in [0.2, 0.25) is 0 Å². The normalized spacial score (nSPS) is 18.4. The summed E-state index contributed by atoms with van der Waals surface area (Å²) >= 11 is 0. The number of aromatic nitrogens is 3. The van der Waals surface area contributed by atoms with E-state index in [1.54, 1.807) is 20.4 Å². The first kappa shape index (κ1) is 25.3. The Labute approximate surface area is 221 Å². The van der Waals surface area contributed by atoms with Gasteiger partial charge in [-0.1, -0.05) is 18.2 Å². The molecule has 0 N–H and O–H groups in total. The van der Waals surface area contributed by atoms with Crippen molar-refractivity contribution < 1.29 is 19.0 Å². The third-order valence-electron chi connectivity index (χ3n) is 6.33. The Bertz CT molecular complexity index is 1460. The number of dihydropyridines is 1. The van der Waals surface area contributed by atoms with E-state index >= 15 is 0 Å². The van der Waals surface area contributed by atoms with Crippen molar-refractivity contribution in [2.45, 2.75) is 39.0 Å². The average Bonchev–Trinajstić information content (AvgIpc) is 3.32. The van der Waals surface area contributed by atoms with Crippen molar-refractivity contribution in [3.63, 3.8) is 0 Å². The topological polar surface area (TPSA) is 90.5 Å². The number of amides is 1. The van der Waals surface area contributed by atoms with Crippen molar-refractivity contribution in [2.75, 3.05) is 19.1 Å². The van der Waals surface area contributed by atoms with E-state index in [4.69, 9.17) is 14.2 Å². The summed E-state index contributed by atoms with van der Waals surface area (Å²) in [6, 6.07) is 11.6. The minimum Gasteiger partial charge on any atom is -0.497 e. The van der Waals surface area contributed by atoms with Crippen LogP contribution in [0.4, 0.5) is 10.5 Å². The second-order valence-corrected chi connectivity index (χ2v) is 10.2. The predicted molar refractivity (Wildman–Crippen MR) is 146 cm³/mol. The van der Waals surface area contributed by atoms with Crippen molar-refractivity contribution in [1.82, 2.24) is 14.6 Å². The van der Waals surface area contributed by atoms with Gasteiger partial charge in [0.15, 0.2) is 11.5 Å². The lowest BCUT2D eigenvalue weighted by Crippen LogP contribution is -2.34. The minimum absolute atomic E-state index is 0.0194. The van der Waals surface area contributed by atoms with Gasteiger partial charge in [0.25, 0.3) is 0 Å². The van der Waals surface area contributed by atoms with Gasteiger partial charge in [-0.2, -0.15) is 0 Å². The van der Waals surface area contributed by atoms with E-state index in [2.05, 4.69) is 21.3 Å². The molecule has 2 aromatic heterocycles. The molecular formula is C29H31N5O4. The lowest BCUT2D eigenvalue weighted by Gasteiger charge is -2.27. The Morgan fingerprint density at radius 1 is 1.08 bits per heavy atom. The lowest BCUT2D eigenvalue weighted by atomic mass is 9.91. The highest BCUT2D eigenvalue weighted by molar-refractivity contribution is 5.87. The van der Waals surface area contributed by atoms with Gasteiger partial charge in [-0.25, -0.2) is 4.79 Å². The van der Waals surface area contributed by atoms with Crippen LogP contribution in [0.5, 0.6) is 0 Å². The van der Waals surface area contributed by atoms with E-state index in [0.29, 0.717) is 5.82 Å². The molecule has 38 heavy (non-hydrogen) atoms. The maximum atomic E-state index is 12.4. The number of anilines is 1. The molecule has 5 rings (SSSR count). The van der Waals surface area contributed by atoms with E-state index in [9.17, 15) is 4.79 Å². The summed E-state index contributed by atoms with van der Waals surface area (Å²) in [5, 5.41) is 8.64. The second kappa shape index (κ2) is 10.2. The van der Waals surface area contributed by atoms with Crippen LogP contribution in [0.1, 0.15) is 26.6 Å². The first-order chi connectivity index (χ1) is 18.2. The number of hydrogen-bond acceptors (Lipinski definition) is 7. The molecular weight excluding hydrogens is 482 g/mol. The molecule has 0 bridgehead atoms. The number of rotatable bonds is 6. The number of aliphatic imine (C=N–C) groups is 1. The number of nitrogens with zero attached hydrogens (tertiary/aromatic N) is 5. The zero-order valence-electron chi connectivity index (χ0n) is 22.2. The molecule has 2 unspecified atom stereocenters. The van der Waals surface area contributed by atoms with Crippen LogP contribution in [-0.4, -0.2) is 52.7 Å². The Morgan fingerprint density at radius 2 is 1.84 bits per heavy atom. The number of carbonyl (C=O) groups excluding carboxylic acids is 1. The number of fused-ring (bicyclic) bond motifs is 2. The molecule has 0 saturated heterocycles. The van der Waals surface area contributed by atoms with Gasteiger partial charge >= 0.3 is 6.09 Å². The molecule has 196 valence electrons. The van der Waals surface area contributed by atoms with Gasteiger partial charge in [0.05, 0.1) is 19.1 Å². The summed E-state index contributed by atoms with van der Waals surface area (Å²) < 4.78 is 18.9. The molecule has 0 radical (unpaired) electrons. The fourth-order valence-electron chi connectivity index (χ4n) is 4.31. The van der Waals surface area contributed by atoms with E-state index in [-0.39, 0.29) is 18.6 Å². The summed E-state index contributed by atoms with van der Waals surface area (Å²) in [6.07, 6.45) is 11.2. The number of hydrogen-bond donors (Lipinski definition) is 0. The summed E-state index contributed by atoms with van der Waals surface area (Å²) in [6.45, 7) is 5.81. The first-order valence-electron chi connectivity index (χ1n) is 12.4. The van der Waals surface area contributed by atoms with Crippen molar-refractivity contribution in [3.8, 4) is 11.1 Å². The van der Waals surface area contributed by atoms with Crippen LogP contribution in [0, 0.1) is 5.92 Å². The molecule has 1 aliphatic carbocycles. The van der Waals surface area contributed by atoms with Gasteiger partial charge in [0, 0.05) is 25.1 Å².